The molecule has 1 saturated carbocycles. The summed E-state index contributed by atoms with van der Waals surface area (Å²) in [6.07, 6.45) is 1.27. The standard InChI is InChI=1S/C15H24N2O5S/c1-15(2,3)22-14(19)17-7-6-16(13(18)10-4-5-10)11-8-23(20,21)9-12(11)17/h10-12H,4-9H2,1-3H3/t11-,12+/m1/s1. The van der Waals surface area contributed by atoms with Gasteiger partial charge in [0, 0.05) is 19.0 Å². The molecule has 0 spiro atoms. The van der Waals surface area contributed by atoms with Gasteiger partial charge in [-0.25, -0.2) is 13.2 Å². The van der Waals surface area contributed by atoms with E-state index in [1.165, 1.54) is 4.90 Å². The second kappa shape index (κ2) is 5.36. The van der Waals surface area contributed by atoms with Crippen molar-refractivity contribution in [2.24, 2.45) is 5.92 Å². The molecule has 3 rings (SSSR count). The Kier molecular flexibility index (Phi) is 3.85. The molecule has 2 amide bonds. The second-order valence-electron chi connectivity index (χ2n) is 7.69. The van der Waals surface area contributed by atoms with Gasteiger partial charge in [0.05, 0.1) is 23.6 Å². The van der Waals surface area contributed by atoms with E-state index in [9.17, 15) is 18.0 Å². The molecular weight excluding hydrogens is 320 g/mol. The molecule has 130 valence electrons. The van der Waals surface area contributed by atoms with Crippen LogP contribution in [-0.2, 0) is 19.4 Å². The number of piperazine rings is 1. The van der Waals surface area contributed by atoms with Crippen molar-refractivity contribution in [3.63, 3.8) is 0 Å². The third-order valence-corrected chi connectivity index (χ3v) is 6.21. The number of carbonyl (C=O) groups is 2. The largest absolute Gasteiger partial charge is 0.444 e. The van der Waals surface area contributed by atoms with Crippen molar-refractivity contribution in [3.05, 3.63) is 0 Å². The lowest BCUT2D eigenvalue weighted by Crippen LogP contribution is -2.62. The number of ether oxygens (including phenoxy) is 1. The Morgan fingerprint density at radius 3 is 2.04 bits per heavy atom. The molecule has 3 aliphatic rings. The van der Waals surface area contributed by atoms with Gasteiger partial charge in [0.15, 0.2) is 9.84 Å². The third-order valence-electron chi connectivity index (χ3n) is 4.51. The summed E-state index contributed by atoms with van der Waals surface area (Å²) in [6, 6.07) is -0.930. The Morgan fingerprint density at radius 2 is 1.52 bits per heavy atom. The number of fused-ring (bicyclic) bond motifs is 1. The fourth-order valence-corrected chi connectivity index (χ4v) is 5.32. The lowest BCUT2D eigenvalue weighted by molar-refractivity contribution is -0.138. The number of sulfone groups is 1. The van der Waals surface area contributed by atoms with Crippen molar-refractivity contribution in [1.82, 2.24) is 9.80 Å². The first-order chi connectivity index (χ1) is 10.6. The van der Waals surface area contributed by atoms with Crippen LogP contribution in [0.25, 0.3) is 0 Å². The fraction of sp³-hybridized carbons (Fsp3) is 0.867. The zero-order valence-corrected chi connectivity index (χ0v) is 14.6. The molecule has 2 atom stereocenters. The maximum Gasteiger partial charge on any atom is 0.410 e. The molecule has 2 saturated heterocycles. The van der Waals surface area contributed by atoms with Crippen molar-refractivity contribution in [3.8, 4) is 0 Å². The lowest BCUT2D eigenvalue weighted by Gasteiger charge is -2.44. The van der Waals surface area contributed by atoms with E-state index in [1.54, 1.807) is 25.7 Å². The summed E-state index contributed by atoms with van der Waals surface area (Å²) >= 11 is 0. The molecular formula is C15H24N2O5S. The van der Waals surface area contributed by atoms with E-state index in [1.807, 2.05) is 0 Å². The topological polar surface area (TPSA) is 84.0 Å². The van der Waals surface area contributed by atoms with Crippen molar-refractivity contribution in [2.75, 3.05) is 24.6 Å². The second-order valence-corrected chi connectivity index (χ2v) is 9.85. The molecule has 0 bridgehead atoms. The number of amides is 2. The molecule has 8 heteroatoms. The molecule has 1 aliphatic carbocycles. The quantitative estimate of drug-likeness (QED) is 0.697. The van der Waals surface area contributed by atoms with Gasteiger partial charge in [-0.3, -0.25) is 4.79 Å². The third kappa shape index (κ3) is 3.46. The maximum absolute atomic E-state index is 12.4. The maximum atomic E-state index is 12.4. The molecule has 23 heavy (non-hydrogen) atoms. The van der Waals surface area contributed by atoms with Crippen molar-refractivity contribution in [2.45, 2.75) is 51.3 Å². The predicted octanol–water partition coefficient (Wildman–Crippen LogP) is 0.641. The van der Waals surface area contributed by atoms with Gasteiger partial charge in [0.1, 0.15) is 5.60 Å². The Bertz CT molecular complexity index is 620. The molecule has 0 unspecified atom stereocenters. The molecule has 0 aromatic heterocycles. The van der Waals surface area contributed by atoms with Gasteiger partial charge in [0.2, 0.25) is 5.91 Å². The van der Waals surface area contributed by atoms with Gasteiger partial charge in [-0.15, -0.1) is 0 Å². The number of hydrogen-bond acceptors (Lipinski definition) is 5. The van der Waals surface area contributed by atoms with Crippen LogP contribution in [0.3, 0.4) is 0 Å². The van der Waals surface area contributed by atoms with Crippen LogP contribution in [-0.4, -0.2) is 72.5 Å². The molecule has 0 aromatic rings. The van der Waals surface area contributed by atoms with Crippen LogP contribution in [0.2, 0.25) is 0 Å². The fourth-order valence-electron chi connectivity index (χ4n) is 3.34. The average Bonchev–Trinajstić information content (AvgIpc) is 3.17. The highest BCUT2D eigenvalue weighted by Gasteiger charge is 2.51. The molecule has 2 aliphatic heterocycles. The molecule has 0 radical (unpaired) electrons. The molecule has 0 aromatic carbocycles. The van der Waals surface area contributed by atoms with Gasteiger partial charge >= 0.3 is 6.09 Å². The van der Waals surface area contributed by atoms with Crippen LogP contribution in [0.1, 0.15) is 33.6 Å². The number of rotatable bonds is 1. The Hall–Kier alpha value is -1.31. The summed E-state index contributed by atoms with van der Waals surface area (Å²) in [6.45, 7) is 6.04. The smallest absolute Gasteiger partial charge is 0.410 e. The minimum atomic E-state index is -3.25. The first-order valence-corrected chi connectivity index (χ1v) is 9.90. The predicted molar refractivity (Wildman–Crippen MR) is 83.6 cm³/mol. The van der Waals surface area contributed by atoms with Gasteiger partial charge in [-0.1, -0.05) is 0 Å². The van der Waals surface area contributed by atoms with Crippen LogP contribution >= 0.6 is 0 Å². The minimum absolute atomic E-state index is 0.0425. The number of hydrogen-bond donors (Lipinski definition) is 0. The van der Waals surface area contributed by atoms with E-state index in [0.717, 1.165) is 12.8 Å². The minimum Gasteiger partial charge on any atom is -0.444 e. The average molecular weight is 344 g/mol. The number of nitrogens with zero attached hydrogens (tertiary/aromatic N) is 2. The first-order valence-electron chi connectivity index (χ1n) is 8.08. The lowest BCUT2D eigenvalue weighted by atomic mass is 10.0. The SMILES string of the molecule is CC(C)(C)OC(=O)N1CCN(C(=O)C2CC2)[C@@H]2CS(=O)(=O)C[C@@H]21. The Morgan fingerprint density at radius 1 is 1.00 bits per heavy atom. The zero-order valence-electron chi connectivity index (χ0n) is 13.8. The van der Waals surface area contributed by atoms with E-state index in [-0.39, 0.29) is 23.3 Å². The van der Waals surface area contributed by atoms with Gasteiger partial charge < -0.3 is 14.5 Å². The van der Waals surface area contributed by atoms with Crippen LogP contribution < -0.4 is 0 Å². The molecule has 3 fully saturated rings. The molecule has 7 nitrogen and oxygen atoms in total. The summed E-state index contributed by atoms with van der Waals surface area (Å²) in [5.74, 6) is -0.0613. The van der Waals surface area contributed by atoms with Crippen LogP contribution in [0.5, 0.6) is 0 Å². The van der Waals surface area contributed by atoms with Crippen LogP contribution in [0.15, 0.2) is 0 Å². The summed E-state index contributed by atoms with van der Waals surface area (Å²) in [4.78, 5) is 28.0. The zero-order chi connectivity index (χ0) is 17.0. The van der Waals surface area contributed by atoms with E-state index < -0.39 is 33.6 Å². The molecule has 0 N–H and O–H groups in total. The highest BCUT2D eigenvalue weighted by molar-refractivity contribution is 7.91. The summed E-state index contributed by atoms with van der Waals surface area (Å²) in [5.41, 5.74) is -0.634. The summed E-state index contributed by atoms with van der Waals surface area (Å²) in [7, 11) is -3.25. The van der Waals surface area contributed by atoms with Crippen LogP contribution in [0, 0.1) is 5.92 Å². The van der Waals surface area contributed by atoms with Gasteiger partial charge in [-0.05, 0) is 33.6 Å². The Balaban J connectivity index is 1.81. The van der Waals surface area contributed by atoms with Crippen LogP contribution in [0.4, 0.5) is 4.79 Å². The van der Waals surface area contributed by atoms with E-state index in [2.05, 4.69) is 0 Å². The van der Waals surface area contributed by atoms with E-state index in [0.29, 0.717) is 13.1 Å². The highest BCUT2D eigenvalue weighted by Crippen LogP contribution is 2.35. The number of carbonyl (C=O) groups excluding carboxylic acids is 2. The normalized spacial score (nSPS) is 30.0. The molecule has 2 heterocycles. The van der Waals surface area contributed by atoms with E-state index in [4.69, 9.17) is 4.74 Å². The van der Waals surface area contributed by atoms with Crippen molar-refractivity contribution < 1.29 is 22.7 Å². The van der Waals surface area contributed by atoms with Crippen molar-refractivity contribution >= 4 is 21.8 Å². The van der Waals surface area contributed by atoms with E-state index >= 15 is 0 Å². The summed E-state index contributed by atoms with van der Waals surface area (Å²) < 4.78 is 29.6. The van der Waals surface area contributed by atoms with Gasteiger partial charge in [0.25, 0.3) is 0 Å². The Labute approximate surface area is 136 Å². The highest BCUT2D eigenvalue weighted by atomic mass is 32.2. The monoisotopic (exact) mass is 344 g/mol. The van der Waals surface area contributed by atoms with Gasteiger partial charge in [-0.2, -0.15) is 0 Å². The van der Waals surface area contributed by atoms with Crippen molar-refractivity contribution in [1.29, 1.82) is 0 Å². The summed E-state index contributed by atoms with van der Waals surface area (Å²) in [5, 5.41) is 0. The first kappa shape index (κ1) is 16.5.